The van der Waals surface area contributed by atoms with Gasteiger partial charge in [0.2, 0.25) is 0 Å². The molecule has 0 unspecified atom stereocenters. The lowest BCUT2D eigenvalue weighted by atomic mass is 9.44. The van der Waals surface area contributed by atoms with Crippen molar-refractivity contribution in [3.8, 4) is 0 Å². The average molecular weight is 303 g/mol. The van der Waals surface area contributed by atoms with Crippen molar-refractivity contribution in [2.75, 3.05) is 0 Å². The molecule has 0 saturated heterocycles. The lowest BCUT2D eigenvalue weighted by Crippen LogP contribution is -2.59. The minimum Gasteiger partial charge on any atom is -0.321 e. The van der Waals surface area contributed by atoms with E-state index in [1.165, 1.54) is 6.42 Å². The van der Waals surface area contributed by atoms with Crippen LogP contribution in [0.3, 0.4) is 0 Å². The number of carbonyl (C=O) groups excluding carboxylic acids is 2. The van der Waals surface area contributed by atoms with E-state index >= 15 is 0 Å². The highest BCUT2D eigenvalue weighted by Gasteiger charge is 2.61. The van der Waals surface area contributed by atoms with E-state index in [4.69, 9.17) is 5.73 Å². The Kier molecular flexibility index (Phi) is 3.15. The molecule has 0 aliphatic heterocycles. The molecule has 0 aromatic rings. The normalized spacial score (nSPS) is 54.6. The fourth-order valence-corrected chi connectivity index (χ4v) is 7.00. The highest BCUT2D eigenvalue weighted by atomic mass is 16.1. The highest BCUT2D eigenvalue weighted by molar-refractivity contribution is 5.87. The Balaban J connectivity index is 1.67. The number of ketones is 2. The van der Waals surface area contributed by atoms with Gasteiger partial charge in [-0.1, -0.05) is 13.8 Å². The Hall–Kier alpha value is -0.700. The average Bonchev–Trinajstić information content (AvgIpc) is 2.79. The zero-order valence-electron chi connectivity index (χ0n) is 13.9. The molecule has 0 aromatic heterocycles. The standard InChI is InChI=1S/C19H29NO2/c1-18-10-8-15(21)17(20)14(18)4-3-11-12-5-6-16(22)19(12,2)9-7-13(11)18/h11-14,17H,3-10,20H2,1-2H3/t11-,12-,13-,14-,17-,18+,19-/m0/s1. The van der Waals surface area contributed by atoms with E-state index in [9.17, 15) is 9.59 Å². The predicted molar refractivity (Wildman–Crippen MR) is 85.1 cm³/mol. The number of hydrogen-bond acceptors (Lipinski definition) is 3. The van der Waals surface area contributed by atoms with Crippen molar-refractivity contribution in [3.05, 3.63) is 0 Å². The van der Waals surface area contributed by atoms with Gasteiger partial charge in [-0.25, -0.2) is 0 Å². The van der Waals surface area contributed by atoms with Crippen LogP contribution < -0.4 is 5.73 Å². The van der Waals surface area contributed by atoms with Crippen LogP contribution >= 0.6 is 0 Å². The van der Waals surface area contributed by atoms with Gasteiger partial charge in [0.15, 0.2) is 0 Å². The number of hydrogen-bond donors (Lipinski definition) is 1. The molecule has 22 heavy (non-hydrogen) atoms. The highest BCUT2D eigenvalue weighted by Crippen LogP contribution is 2.64. The molecule has 0 amide bonds. The maximum atomic E-state index is 12.4. The minimum absolute atomic E-state index is 0.0447. The van der Waals surface area contributed by atoms with E-state index in [1.54, 1.807) is 0 Å². The molecule has 0 heterocycles. The molecule has 4 saturated carbocycles. The van der Waals surface area contributed by atoms with Gasteiger partial charge in [-0.05, 0) is 67.6 Å². The van der Waals surface area contributed by atoms with E-state index in [0.29, 0.717) is 35.9 Å². The summed E-state index contributed by atoms with van der Waals surface area (Å²) in [6, 6.07) is -0.238. The van der Waals surface area contributed by atoms with Crippen LogP contribution in [0.5, 0.6) is 0 Å². The Morgan fingerprint density at radius 2 is 1.68 bits per heavy atom. The topological polar surface area (TPSA) is 60.2 Å². The number of carbonyl (C=O) groups is 2. The lowest BCUT2D eigenvalue weighted by molar-refractivity contribution is -0.146. The fourth-order valence-electron chi connectivity index (χ4n) is 7.00. The first kappa shape index (κ1) is 14.9. The molecular weight excluding hydrogens is 274 g/mol. The second-order valence-electron chi connectivity index (χ2n) is 8.98. The molecule has 2 N–H and O–H groups in total. The molecular formula is C19H29NO2. The summed E-state index contributed by atoms with van der Waals surface area (Å²) in [7, 11) is 0. The Morgan fingerprint density at radius 3 is 2.45 bits per heavy atom. The monoisotopic (exact) mass is 303 g/mol. The minimum atomic E-state index is -0.238. The van der Waals surface area contributed by atoms with Gasteiger partial charge in [-0.15, -0.1) is 0 Å². The van der Waals surface area contributed by atoms with Crippen molar-refractivity contribution in [1.82, 2.24) is 0 Å². The van der Waals surface area contributed by atoms with Crippen molar-refractivity contribution in [1.29, 1.82) is 0 Å². The van der Waals surface area contributed by atoms with Crippen molar-refractivity contribution < 1.29 is 9.59 Å². The zero-order chi connectivity index (χ0) is 15.7. The SMILES string of the molecule is C[C@]12CCC(=O)[C@@H](N)[C@@H]1CC[C@@H]1[C@@H]2CC[C@]2(C)C(=O)CC[C@@H]12. The fraction of sp³-hybridized carbons (Fsp3) is 0.895. The molecule has 0 bridgehead atoms. The third-order valence-corrected chi connectivity index (χ3v) is 8.37. The van der Waals surface area contributed by atoms with Crippen molar-refractivity contribution in [3.63, 3.8) is 0 Å². The molecule has 7 atom stereocenters. The third-order valence-electron chi connectivity index (χ3n) is 8.37. The number of rotatable bonds is 0. The molecule has 122 valence electrons. The van der Waals surface area contributed by atoms with E-state index < -0.39 is 0 Å². The summed E-state index contributed by atoms with van der Waals surface area (Å²) in [5, 5.41) is 0. The predicted octanol–water partition coefficient (Wildman–Crippen LogP) is 3.10. The summed E-state index contributed by atoms with van der Waals surface area (Å²) in [5.41, 5.74) is 6.47. The van der Waals surface area contributed by atoms with Gasteiger partial charge < -0.3 is 5.73 Å². The second kappa shape index (κ2) is 4.66. The van der Waals surface area contributed by atoms with E-state index in [1.807, 2.05) is 0 Å². The Labute approximate surface area is 133 Å². The van der Waals surface area contributed by atoms with Gasteiger partial charge in [0.05, 0.1) is 6.04 Å². The van der Waals surface area contributed by atoms with Crippen LogP contribution in [0.15, 0.2) is 0 Å². The van der Waals surface area contributed by atoms with Crippen LogP contribution in [-0.2, 0) is 9.59 Å². The molecule has 4 fully saturated rings. The second-order valence-corrected chi connectivity index (χ2v) is 8.98. The van der Waals surface area contributed by atoms with E-state index in [0.717, 1.165) is 38.5 Å². The van der Waals surface area contributed by atoms with Gasteiger partial charge in [-0.2, -0.15) is 0 Å². The van der Waals surface area contributed by atoms with Crippen molar-refractivity contribution in [2.24, 2.45) is 40.2 Å². The molecule has 3 nitrogen and oxygen atoms in total. The van der Waals surface area contributed by atoms with Crippen LogP contribution in [0.4, 0.5) is 0 Å². The smallest absolute Gasteiger partial charge is 0.149 e. The van der Waals surface area contributed by atoms with Crippen molar-refractivity contribution in [2.45, 2.75) is 71.3 Å². The van der Waals surface area contributed by atoms with Crippen LogP contribution in [-0.4, -0.2) is 17.6 Å². The number of Topliss-reactive ketones (excluding diaryl/α,β-unsaturated/α-hetero) is 2. The van der Waals surface area contributed by atoms with E-state index in [2.05, 4.69) is 13.8 Å². The van der Waals surface area contributed by atoms with Gasteiger partial charge in [0.25, 0.3) is 0 Å². The largest absolute Gasteiger partial charge is 0.321 e. The third kappa shape index (κ3) is 1.72. The zero-order valence-corrected chi connectivity index (χ0v) is 13.9. The molecule has 4 rings (SSSR count). The van der Waals surface area contributed by atoms with Crippen LogP contribution in [0.1, 0.15) is 65.2 Å². The van der Waals surface area contributed by atoms with Crippen LogP contribution in [0.25, 0.3) is 0 Å². The van der Waals surface area contributed by atoms with Gasteiger partial charge >= 0.3 is 0 Å². The van der Waals surface area contributed by atoms with Gasteiger partial charge in [-0.3, -0.25) is 9.59 Å². The molecule has 3 heteroatoms. The maximum absolute atomic E-state index is 12.4. The number of nitrogens with two attached hydrogens (primary N) is 1. The van der Waals surface area contributed by atoms with Gasteiger partial charge in [0, 0.05) is 18.3 Å². The van der Waals surface area contributed by atoms with Crippen molar-refractivity contribution >= 4 is 11.6 Å². The summed E-state index contributed by atoms with van der Waals surface area (Å²) in [4.78, 5) is 24.5. The summed E-state index contributed by atoms with van der Waals surface area (Å²) >= 11 is 0. The number of fused-ring (bicyclic) bond motifs is 5. The Morgan fingerprint density at radius 1 is 0.909 bits per heavy atom. The first-order valence-corrected chi connectivity index (χ1v) is 9.19. The molecule has 0 radical (unpaired) electrons. The maximum Gasteiger partial charge on any atom is 0.149 e. The molecule has 4 aliphatic rings. The summed E-state index contributed by atoms with van der Waals surface area (Å²) in [6.07, 6.45) is 8.07. The van der Waals surface area contributed by atoms with Gasteiger partial charge in [0.1, 0.15) is 11.6 Å². The quantitative estimate of drug-likeness (QED) is 0.748. The first-order valence-electron chi connectivity index (χ1n) is 9.19. The van der Waals surface area contributed by atoms with Crippen LogP contribution in [0.2, 0.25) is 0 Å². The summed E-state index contributed by atoms with van der Waals surface area (Å²) < 4.78 is 0. The lowest BCUT2D eigenvalue weighted by Gasteiger charge is -2.60. The molecule has 0 spiro atoms. The molecule has 0 aromatic carbocycles. The summed E-state index contributed by atoms with van der Waals surface area (Å²) in [5.74, 6) is 3.11. The van der Waals surface area contributed by atoms with Crippen LogP contribution in [0, 0.1) is 34.5 Å². The first-order chi connectivity index (χ1) is 10.4. The Bertz CT molecular complexity index is 530. The van der Waals surface area contributed by atoms with E-state index in [-0.39, 0.29) is 22.7 Å². The molecule has 4 aliphatic carbocycles. The summed E-state index contributed by atoms with van der Waals surface area (Å²) in [6.45, 7) is 4.63.